The van der Waals surface area contributed by atoms with Gasteiger partial charge in [-0.2, -0.15) is 4.98 Å². The van der Waals surface area contributed by atoms with Gasteiger partial charge in [-0.1, -0.05) is 24.3 Å². The number of ketones is 1. The van der Waals surface area contributed by atoms with Crippen molar-refractivity contribution in [3.05, 3.63) is 76.2 Å². The summed E-state index contributed by atoms with van der Waals surface area (Å²) in [4.78, 5) is 37.8. The molecule has 1 unspecified atom stereocenters. The Morgan fingerprint density at radius 1 is 1.09 bits per heavy atom. The third-order valence-electron chi connectivity index (χ3n) is 5.46. The lowest BCUT2D eigenvalue weighted by Gasteiger charge is -2.15. The lowest BCUT2D eigenvalue weighted by Crippen LogP contribution is -2.12. The van der Waals surface area contributed by atoms with Crippen molar-refractivity contribution in [2.24, 2.45) is 0 Å². The quantitative estimate of drug-likeness (QED) is 0.284. The lowest BCUT2D eigenvalue weighted by molar-refractivity contribution is -0.114. The summed E-state index contributed by atoms with van der Waals surface area (Å²) in [5.41, 5.74) is 3.41. The van der Waals surface area contributed by atoms with E-state index in [-0.39, 0.29) is 29.5 Å². The van der Waals surface area contributed by atoms with Crippen LogP contribution < -0.4 is 10.6 Å². The van der Waals surface area contributed by atoms with E-state index in [1.807, 2.05) is 44.2 Å². The number of Topliss-reactive ketones (excluding diaryl/α,β-unsaturated/α-hetero) is 1. The van der Waals surface area contributed by atoms with Gasteiger partial charge in [0.25, 0.3) is 0 Å². The van der Waals surface area contributed by atoms with Crippen LogP contribution in [0.3, 0.4) is 0 Å². The van der Waals surface area contributed by atoms with E-state index in [0.29, 0.717) is 28.9 Å². The van der Waals surface area contributed by atoms with E-state index in [1.54, 1.807) is 6.07 Å². The molecule has 0 aliphatic heterocycles. The van der Waals surface area contributed by atoms with Gasteiger partial charge in [-0.3, -0.25) is 9.59 Å². The van der Waals surface area contributed by atoms with E-state index in [0.717, 1.165) is 28.2 Å². The van der Waals surface area contributed by atoms with Crippen LogP contribution in [0.1, 0.15) is 59.4 Å². The number of aromatic nitrogens is 3. The van der Waals surface area contributed by atoms with E-state index in [9.17, 15) is 14.0 Å². The van der Waals surface area contributed by atoms with E-state index in [2.05, 4.69) is 25.6 Å². The number of thiazole rings is 1. The minimum atomic E-state index is -0.316. The number of nitrogens with zero attached hydrogens (tertiary/aromatic N) is 3. The number of nitrogens with one attached hydrogen (secondary N) is 2. The molecule has 1 atom stereocenters. The van der Waals surface area contributed by atoms with Gasteiger partial charge < -0.3 is 10.6 Å². The number of fused-ring (bicyclic) bond motifs is 1. The van der Waals surface area contributed by atoms with Gasteiger partial charge in [-0.25, -0.2) is 14.4 Å². The van der Waals surface area contributed by atoms with Crippen LogP contribution in [0.4, 0.5) is 16.0 Å². The van der Waals surface area contributed by atoms with Crippen LogP contribution in [-0.4, -0.2) is 26.6 Å². The predicted molar refractivity (Wildman–Crippen MR) is 136 cm³/mol. The summed E-state index contributed by atoms with van der Waals surface area (Å²) < 4.78 is 14.3. The summed E-state index contributed by atoms with van der Waals surface area (Å²) >= 11 is 1.40. The van der Waals surface area contributed by atoms with Gasteiger partial charge in [-0.05, 0) is 62.1 Å². The standard InChI is InChI=1S/C26H26FN5O2S/c1-15(19-7-5-8-20(27)14-19)28-26-31-23(24-25(32-26)30-17(3)35-24)22(34)9-4-6-18-10-12-21(13-11-18)29-16(2)33/h5,7-8,10-15H,4,6,9H2,1-3H3,(H,29,33)(H,28,31,32). The zero-order chi connectivity index (χ0) is 24.9. The first kappa shape index (κ1) is 24.4. The SMILES string of the molecule is CC(=O)Nc1ccc(CCCC(=O)c2nc(NC(C)c3cccc(F)c3)nc3nc(C)sc23)cc1. The minimum absolute atomic E-state index is 0.0719. The highest BCUT2D eigenvalue weighted by Gasteiger charge is 2.19. The number of carbonyl (C=O) groups excluding carboxylic acids is 2. The van der Waals surface area contributed by atoms with Gasteiger partial charge in [0.2, 0.25) is 11.9 Å². The molecule has 2 heterocycles. The molecule has 0 saturated carbocycles. The molecule has 0 aliphatic carbocycles. The molecule has 0 spiro atoms. The first-order valence-corrected chi connectivity index (χ1v) is 12.2. The van der Waals surface area contributed by atoms with Crippen molar-refractivity contribution in [3.63, 3.8) is 0 Å². The monoisotopic (exact) mass is 491 g/mol. The van der Waals surface area contributed by atoms with Gasteiger partial charge in [0.05, 0.1) is 11.0 Å². The Bertz CT molecular complexity index is 1370. The highest BCUT2D eigenvalue weighted by Crippen LogP contribution is 2.27. The van der Waals surface area contributed by atoms with Crippen LogP contribution >= 0.6 is 11.3 Å². The summed E-state index contributed by atoms with van der Waals surface area (Å²) in [6.45, 7) is 5.22. The molecule has 1 amide bonds. The van der Waals surface area contributed by atoms with E-state index in [4.69, 9.17) is 0 Å². The second kappa shape index (κ2) is 10.7. The third-order valence-corrected chi connectivity index (χ3v) is 6.43. The molecule has 0 bridgehead atoms. The highest BCUT2D eigenvalue weighted by atomic mass is 32.1. The third kappa shape index (κ3) is 6.24. The molecule has 0 aliphatic rings. The Balaban J connectivity index is 1.47. The molecule has 4 rings (SSSR count). The molecular weight excluding hydrogens is 465 g/mol. The molecule has 2 N–H and O–H groups in total. The number of hydrogen-bond donors (Lipinski definition) is 2. The Kier molecular flexibility index (Phi) is 7.45. The van der Waals surface area contributed by atoms with Crippen LogP contribution in [0.15, 0.2) is 48.5 Å². The summed E-state index contributed by atoms with van der Waals surface area (Å²) in [7, 11) is 0. The van der Waals surface area contributed by atoms with Crippen molar-refractivity contribution >= 4 is 45.0 Å². The fraction of sp³-hybridized carbons (Fsp3) is 0.269. The second-order valence-electron chi connectivity index (χ2n) is 8.36. The zero-order valence-electron chi connectivity index (χ0n) is 19.8. The maximum absolute atomic E-state index is 13.6. The fourth-order valence-corrected chi connectivity index (χ4v) is 4.63. The number of halogens is 1. The number of carbonyl (C=O) groups is 2. The van der Waals surface area contributed by atoms with Crippen molar-refractivity contribution in [3.8, 4) is 0 Å². The van der Waals surface area contributed by atoms with Gasteiger partial charge >= 0.3 is 0 Å². The van der Waals surface area contributed by atoms with Crippen LogP contribution in [0.2, 0.25) is 0 Å². The first-order valence-electron chi connectivity index (χ1n) is 11.4. The Morgan fingerprint density at radius 2 is 1.86 bits per heavy atom. The van der Waals surface area contributed by atoms with E-state index < -0.39 is 0 Å². The van der Waals surface area contributed by atoms with Crippen molar-refractivity contribution in [2.45, 2.75) is 46.1 Å². The smallest absolute Gasteiger partial charge is 0.225 e. The largest absolute Gasteiger partial charge is 0.348 e. The number of rotatable bonds is 9. The Hall–Kier alpha value is -3.72. The summed E-state index contributed by atoms with van der Waals surface area (Å²) in [5.74, 6) is -0.214. The van der Waals surface area contributed by atoms with Crippen molar-refractivity contribution in [1.29, 1.82) is 0 Å². The van der Waals surface area contributed by atoms with Crippen molar-refractivity contribution in [1.82, 2.24) is 15.0 Å². The van der Waals surface area contributed by atoms with Crippen LogP contribution in [-0.2, 0) is 11.2 Å². The molecule has 2 aromatic carbocycles. The molecular formula is C26H26FN5O2S. The van der Waals surface area contributed by atoms with Gasteiger partial charge in [0, 0.05) is 19.0 Å². The predicted octanol–water partition coefficient (Wildman–Crippen LogP) is 5.87. The molecule has 9 heteroatoms. The van der Waals surface area contributed by atoms with Crippen LogP contribution in [0, 0.1) is 12.7 Å². The van der Waals surface area contributed by atoms with Crippen LogP contribution in [0.5, 0.6) is 0 Å². The van der Waals surface area contributed by atoms with Gasteiger partial charge in [0.15, 0.2) is 11.4 Å². The Labute approximate surface area is 206 Å². The van der Waals surface area contributed by atoms with Gasteiger partial charge in [-0.15, -0.1) is 11.3 Å². The normalized spacial score (nSPS) is 11.9. The second-order valence-corrected chi connectivity index (χ2v) is 9.56. The number of aryl methyl sites for hydroxylation is 2. The number of anilines is 2. The van der Waals surface area contributed by atoms with E-state index >= 15 is 0 Å². The highest BCUT2D eigenvalue weighted by molar-refractivity contribution is 7.18. The lowest BCUT2D eigenvalue weighted by atomic mass is 10.0. The topological polar surface area (TPSA) is 96.9 Å². The molecule has 7 nitrogen and oxygen atoms in total. The Morgan fingerprint density at radius 3 is 2.57 bits per heavy atom. The van der Waals surface area contributed by atoms with Gasteiger partial charge in [0.1, 0.15) is 16.2 Å². The van der Waals surface area contributed by atoms with Crippen molar-refractivity contribution < 1.29 is 14.0 Å². The first-order chi connectivity index (χ1) is 16.8. The maximum Gasteiger partial charge on any atom is 0.225 e. The molecule has 0 radical (unpaired) electrons. The minimum Gasteiger partial charge on any atom is -0.348 e. The number of amides is 1. The average Bonchev–Trinajstić information content (AvgIpc) is 3.19. The summed E-state index contributed by atoms with van der Waals surface area (Å²) in [5, 5.41) is 6.72. The molecule has 2 aromatic heterocycles. The zero-order valence-corrected chi connectivity index (χ0v) is 20.6. The van der Waals surface area contributed by atoms with E-state index in [1.165, 1.54) is 30.4 Å². The van der Waals surface area contributed by atoms with Crippen LogP contribution in [0.25, 0.3) is 10.3 Å². The molecule has 0 saturated heterocycles. The number of hydrogen-bond acceptors (Lipinski definition) is 7. The molecule has 4 aromatic rings. The summed E-state index contributed by atoms with van der Waals surface area (Å²) in [6, 6.07) is 13.7. The van der Waals surface area contributed by atoms with Crippen molar-refractivity contribution in [2.75, 3.05) is 10.6 Å². The maximum atomic E-state index is 13.6. The number of benzene rings is 2. The summed E-state index contributed by atoms with van der Waals surface area (Å²) in [6.07, 6.45) is 1.71. The molecule has 0 fully saturated rings. The molecule has 180 valence electrons. The molecule has 35 heavy (non-hydrogen) atoms. The average molecular weight is 492 g/mol. The fourth-order valence-electron chi connectivity index (χ4n) is 3.76.